The Labute approximate surface area is 157 Å². The van der Waals surface area contributed by atoms with E-state index in [1.807, 2.05) is 0 Å². The van der Waals surface area contributed by atoms with Crippen molar-refractivity contribution in [2.75, 3.05) is 19.0 Å². The van der Waals surface area contributed by atoms with Crippen LogP contribution in [-0.2, 0) is 10.0 Å². The van der Waals surface area contributed by atoms with Crippen LogP contribution in [0.25, 0.3) is 0 Å². The number of sulfonamides is 1. The van der Waals surface area contributed by atoms with E-state index >= 15 is 0 Å². The second-order valence-electron chi connectivity index (χ2n) is 6.03. The number of methoxy groups -OCH3 is 1. The average molecular weight is 393 g/mol. The first-order chi connectivity index (χ1) is 12.9. The van der Waals surface area contributed by atoms with E-state index in [4.69, 9.17) is 4.74 Å². The summed E-state index contributed by atoms with van der Waals surface area (Å²) in [6.07, 6.45) is 0.276. The molecule has 1 saturated heterocycles. The minimum absolute atomic E-state index is 0.212. The summed E-state index contributed by atoms with van der Waals surface area (Å²) in [7, 11) is -2.51. The van der Waals surface area contributed by atoms with Gasteiger partial charge >= 0.3 is 6.03 Å². The molecular weight excluding hydrogens is 373 g/mol. The van der Waals surface area contributed by atoms with Crippen molar-refractivity contribution in [2.45, 2.75) is 23.9 Å². The van der Waals surface area contributed by atoms with Gasteiger partial charge in [-0.2, -0.15) is 4.31 Å². The van der Waals surface area contributed by atoms with Gasteiger partial charge < -0.3 is 15.4 Å². The van der Waals surface area contributed by atoms with E-state index in [0.29, 0.717) is 24.3 Å². The van der Waals surface area contributed by atoms with Crippen LogP contribution in [0.2, 0.25) is 0 Å². The van der Waals surface area contributed by atoms with Crippen molar-refractivity contribution in [3.05, 3.63) is 54.3 Å². The Balaban J connectivity index is 1.70. The topological polar surface area (TPSA) is 87.7 Å². The molecule has 1 aliphatic heterocycles. The van der Waals surface area contributed by atoms with E-state index in [1.165, 1.54) is 18.2 Å². The summed E-state index contributed by atoms with van der Waals surface area (Å²) >= 11 is 0. The van der Waals surface area contributed by atoms with Crippen molar-refractivity contribution in [1.29, 1.82) is 0 Å². The molecule has 0 radical (unpaired) electrons. The molecule has 27 heavy (non-hydrogen) atoms. The van der Waals surface area contributed by atoms with Crippen molar-refractivity contribution in [1.82, 2.24) is 9.62 Å². The number of halogens is 1. The van der Waals surface area contributed by atoms with E-state index in [1.54, 1.807) is 31.4 Å². The number of hydrogen-bond acceptors (Lipinski definition) is 4. The quantitative estimate of drug-likeness (QED) is 0.818. The zero-order valence-corrected chi connectivity index (χ0v) is 15.5. The molecule has 2 aromatic rings. The van der Waals surface area contributed by atoms with Gasteiger partial charge in [0.2, 0.25) is 10.0 Å². The monoisotopic (exact) mass is 393 g/mol. The van der Waals surface area contributed by atoms with Crippen molar-refractivity contribution in [2.24, 2.45) is 0 Å². The highest BCUT2D eigenvalue weighted by Gasteiger charge is 2.37. The molecule has 0 aromatic heterocycles. The third kappa shape index (κ3) is 4.20. The fraction of sp³-hybridized carbons (Fsp3) is 0.278. The summed E-state index contributed by atoms with van der Waals surface area (Å²) in [4.78, 5) is 11.9. The van der Waals surface area contributed by atoms with Gasteiger partial charge in [-0.05, 0) is 49.2 Å². The van der Waals surface area contributed by atoms with Gasteiger partial charge in [0.15, 0.2) is 0 Å². The maximum absolute atomic E-state index is 14.0. The van der Waals surface area contributed by atoms with E-state index < -0.39 is 32.9 Å². The fourth-order valence-corrected chi connectivity index (χ4v) is 4.63. The van der Waals surface area contributed by atoms with Crippen molar-refractivity contribution < 1.29 is 22.3 Å². The molecule has 0 unspecified atom stereocenters. The molecule has 0 aliphatic carbocycles. The number of nitrogens with zero attached hydrogens (tertiary/aromatic N) is 1. The van der Waals surface area contributed by atoms with Crippen molar-refractivity contribution in [3.63, 3.8) is 0 Å². The molecule has 144 valence electrons. The van der Waals surface area contributed by atoms with E-state index in [9.17, 15) is 17.6 Å². The van der Waals surface area contributed by atoms with Gasteiger partial charge in [-0.3, -0.25) is 0 Å². The van der Waals surface area contributed by atoms with Gasteiger partial charge in [0, 0.05) is 12.2 Å². The number of ether oxygens (including phenoxy) is 1. The molecule has 1 atom stereocenters. The van der Waals surface area contributed by atoms with Crippen LogP contribution in [0.1, 0.15) is 12.8 Å². The first-order valence-corrected chi connectivity index (χ1v) is 9.84. The molecule has 0 bridgehead atoms. The predicted octanol–water partition coefficient (Wildman–Crippen LogP) is 2.77. The Morgan fingerprint density at radius 2 is 1.89 bits per heavy atom. The Morgan fingerprint density at radius 3 is 2.56 bits per heavy atom. The van der Waals surface area contributed by atoms with Crippen LogP contribution in [-0.4, -0.2) is 38.6 Å². The molecule has 0 saturated carbocycles. The number of anilines is 1. The summed E-state index contributed by atoms with van der Waals surface area (Å²) in [6.45, 7) is 0.212. The average Bonchev–Trinajstić information content (AvgIpc) is 3.11. The first kappa shape index (κ1) is 19.1. The minimum atomic E-state index is -4.05. The third-order valence-electron chi connectivity index (χ3n) is 4.27. The zero-order chi connectivity index (χ0) is 19.4. The molecule has 9 heteroatoms. The molecule has 2 N–H and O–H groups in total. The van der Waals surface area contributed by atoms with Gasteiger partial charge in [0.1, 0.15) is 16.5 Å². The standard InChI is InChI=1S/C18H20FN3O4S/c1-26-14-10-8-13(9-11-14)20-18(23)21-17-7-4-12-22(17)27(24,25)16-6-3-2-5-15(16)19/h2-3,5-6,8-11,17H,4,7,12H2,1H3,(H2,20,21,23)/t17-/m1/s1. The minimum Gasteiger partial charge on any atom is -0.497 e. The maximum Gasteiger partial charge on any atom is 0.320 e. The van der Waals surface area contributed by atoms with E-state index in [0.717, 1.165) is 10.4 Å². The molecule has 2 amide bonds. The molecule has 1 heterocycles. The summed E-state index contributed by atoms with van der Waals surface area (Å²) in [5.41, 5.74) is 0.537. The number of carbonyl (C=O) groups is 1. The normalized spacial score (nSPS) is 17.5. The molecular formula is C18H20FN3O4S. The Morgan fingerprint density at radius 1 is 1.19 bits per heavy atom. The van der Waals surface area contributed by atoms with Crippen LogP contribution in [0.4, 0.5) is 14.9 Å². The highest BCUT2D eigenvalue weighted by atomic mass is 32.2. The lowest BCUT2D eigenvalue weighted by molar-refractivity contribution is 0.240. The zero-order valence-electron chi connectivity index (χ0n) is 14.7. The van der Waals surface area contributed by atoms with Gasteiger partial charge in [0.25, 0.3) is 0 Å². The molecule has 0 spiro atoms. The van der Waals surface area contributed by atoms with Gasteiger partial charge in [0.05, 0.1) is 13.3 Å². The van der Waals surface area contributed by atoms with Gasteiger partial charge in [-0.15, -0.1) is 0 Å². The molecule has 2 aromatic carbocycles. The van der Waals surface area contributed by atoms with Gasteiger partial charge in [-0.1, -0.05) is 12.1 Å². The third-order valence-corrected chi connectivity index (χ3v) is 6.21. The Kier molecular flexibility index (Phi) is 5.62. The molecule has 3 rings (SSSR count). The van der Waals surface area contributed by atoms with Crippen LogP contribution < -0.4 is 15.4 Å². The number of rotatable bonds is 5. The number of nitrogens with one attached hydrogen (secondary N) is 2. The molecule has 7 nitrogen and oxygen atoms in total. The smallest absolute Gasteiger partial charge is 0.320 e. The SMILES string of the molecule is COc1ccc(NC(=O)N[C@H]2CCCN2S(=O)(=O)c2ccccc2F)cc1. The van der Waals surface area contributed by atoms with Crippen LogP contribution in [0.15, 0.2) is 53.4 Å². The Hall–Kier alpha value is -2.65. The summed E-state index contributed by atoms with van der Waals surface area (Å²) in [5, 5.41) is 5.29. The second kappa shape index (κ2) is 7.93. The Bertz CT molecular complexity index is 918. The van der Waals surface area contributed by atoms with Crippen LogP contribution in [0.5, 0.6) is 5.75 Å². The lowest BCUT2D eigenvalue weighted by atomic mass is 10.3. The van der Waals surface area contributed by atoms with Gasteiger partial charge in [-0.25, -0.2) is 17.6 Å². The summed E-state index contributed by atoms with van der Waals surface area (Å²) in [5.74, 6) is -0.162. The van der Waals surface area contributed by atoms with E-state index in [-0.39, 0.29) is 6.54 Å². The highest BCUT2D eigenvalue weighted by Crippen LogP contribution is 2.26. The molecule has 1 fully saturated rings. The van der Waals surface area contributed by atoms with Crippen molar-refractivity contribution >= 4 is 21.7 Å². The molecule has 1 aliphatic rings. The number of urea groups is 1. The maximum atomic E-state index is 14.0. The number of hydrogen-bond donors (Lipinski definition) is 2. The summed E-state index contributed by atoms with van der Waals surface area (Å²) in [6, 6.07) is 11.4. The first-order valence-electron chi connectivity index (χ1n) is 8.40. The number of benzene rings is 2. The lowest BCUT2D eigenvalue weighted by Crippen LogP contribution is -2.48. The van der Waals surface area contributed by atoms with Crippen LogP contribution in [0.3, 0.4) is 0 Å². The van der Waals surface area contributed by atoms with Crippen molar-refractivity contribution in [3.8, 4) is 5.75 Å². The number of carbonyl (C=O) groups excluding carboxylic acids is 1. The summed E-state index contributed by atoms with van der Waals surface area (Å²) < 4.78 is 45.7. The largest absolute Gasteiger partial charge is 0.497 e. The fourth-order valence-electron chi connectivity index (χ4n) is 2.95. The lowest BCUT2D eigenvalue weighted by Gasteiger charge is -2.25. The second-order valence-corrected chi connectivity index (χ2v) is 7.89. The van der Waals surface area contributed by atoms with Crippen LogP contribution in [0, 0.1) is 5.82 Å². The number of amides is 2. The predicted molar refractivity (Wildman–Crippen MR) is 98.5 cm³/mol. The van der Waals surface area contributed by atoms with E-state index in [2.05, 4.69) is 10.6 Å². The highest BCUT2D eigenvalue weighted by molar-refractivity contribution is 7.89. The van der Waals surface area contributed by atoms with Crippen LogP contribution >= 0.6 is 0 Å².